The number of nitrogens with zero attached hydrogens (tertiary/aromatic N) is 1. The molecule has 3 rings (SSSR count). The van der Waals surface area contributed by atoms with Gasteiger partial charge in [0.15, 0.2) is 10.9 Å². The Hall–Kier alpha value is -2.25. The van der Waals surface area contributed by atoms with E-state index in [-0.39, 0.29) is 11.7 Å². The van der Waals surface area contributed by atoms with E-state index in [1.54, 1.807) is 25.2 Å². The van der Waals surface area contributed by atoms with E-state index in [0.717, 1.165) is 10.6 Å². The number of aryl methyl sites for hydroxylation is 2. The molecule has 0 spiro atoms. The number of aromatic nitrogens is 2. The van der Waals surface area contributed by atoms with Crippen LogP contribution in [0, 0.1) is 20.8 Å². The van der Waals surface area contributed by atoms with Crippen molar-refractivity contribution in [3.8, 4) is 10.6 Å². The van der Waals surface area contributed by atoms with Gasteiger partial charge in [0.1, 0.15) is 5.69 Å². The van der Waals surface area contributed by atoms with Crippen molar-refractivity contribution >= 4 is 39.5 Å². The summed E-state index contributed by atoms with van der Waals surface area (Å²) in [6.07, 6.45) is 0. The van der Waals surface area contributed by atoms with Gasteiger partial charge in [-0.05, 0) is 45.4 Å². The van der Waals surface area contributed by atoms with E-state index in [1.807, 2.05) is 24.4 Å². The third kappa shape index (κ3) is 3.05. The molecule has 0 aliphatic rings. The van der Waals surface area contributed by atoms with Crippen LogP contribution in [-0.2, 0) is 0 Å². The lowest BCUT2D eigenvalue weighted by molar-refractivity contribution is 0.101. The molecule has 5 nitrogen and oxygen atoms in total. The standard InChI is InChI=1S/C17H17N3O2S2/c1-8-5-6-13(24-8)12-7-23-17(19-12)20-16(22)15-9(2)14(11(4)21)10(3)18-15/h5-7,18H,1-4H3,(H,19,20,22). The summed E-state index contributed by atoms with van der Waals surface area (Å²) < 4.78 is 0. The van der Waals surface area contributed by atoms with Crippen molar-refractivity contribution in [3.63, 3.8) is 0 Å². The predicted molar refractivity (Wildman–Crippen MR) is 98.4 cm³/mol. The smallest absolute Gasteiger partial charge is 0.274 e. The minimum Gasteiger partial charge on any atom is -0.354 e. The summed E-state index contributed by atoms with van der Waals surface area (Å²) >= 11 is 3.05. The summed E-state index contributed by atoms with van der Waals surface area (Å²) in [6.45, 7) is 7.12. The lowest BCUT2D eigenvalue weighted by Crippen LogP contribution is -2.13. The third-order valence-corrected chi connectivity index (χ3v) is 5.51. The number of rotatable bonds is 4. The van der Waals surface area contributed by atoms with E-state index in [0.29, 0.717) is 27.6 Å². The highest BCUT2D eigenvalue weighted by Crippen LogP contribution is 2.30. The largest absolute Gasteiger partial charge is 0.354 e. The fourth-order valence-electron chi connectivity index (χ4n) is 2.68. The summed E-state index contributed by atoms with van der Waals surface area (Å²) in [6, 6.07) is 4.07. The Labute approximate surface area is 147 Å². The maximum Gasteiger partial charge on any atom is 0.274 e. The lowest BCUT2D eigenvalue weighted by Gasteiger charge is -2.01. The van der Waals surface area contributed by atoms with Gasteiger partial charge in [-0.3, -0.25) is 14.9 Å². The number of amides is 1. The average molecular weight is 359 g/mol. The summed E-state index contributed by atoms with van der Waals surface area (Å²) in [5, 5.41) is 5.27. The Balaban J connectivity index is 1.82. The van der Waals surface area contributed by atoms with Crippen LogP contribution >= 0.6 is 22.7 Å². The minimum atomic E-state index is -0.286. The van der Waals surface area contributed by atoms with Crippen molar-refractivity contribution in [3.05, 3.63) is 44.9 Å². The molecule has 0 aliphatic heterocycles. The first kappa shape index (κ1) is 16.6. The number of hydrogen-bond donors (Lipinski definition) is 2. The highest BCUT2D eigenvalue weighted by molar-refractivity contribution is 7.17. The predicted octanol–water partition coefficient (Wildman–Crippen LogP) is 4.58. The van der Waals surface area contributed by atoms with Gasteiger partial charge in [-0.15, -0.1) is 22.7 Å². The van der Waals surface area contributed by atoms with Gasteiger partial charge in [-0.2, -0.15) is 0 Å². The van der Waals surface area contributed by atoms with Crippen molar-refractivity contribution in [1.29, 1.82) is 0 Å². The Morgan fingerprint density at radius 2 is 1.96 bits per heavy atom. The molecule has 0 aromatic carbocycles. The zero-order valence-corrected chi connectivity index (χ0v) is 15.4. The normalized spacial score (nSPS) is 10.8. The number of thiophene rings is 1. The zero-order valence-electron chi connectivity index (χ0n) is 13.8. The minimum absolute atomic E-state index is 0.0510. The quantitative estimate of drug-likeness (QED) is 0.670. The first-order valence-electron chi connectivity index (χ1n) is 7.40. The fraction of sp³-hybridized carbons (Fsp3) is 0.235. The number of hydrogen-bond acceptors (Lipinski definition) is 5. The molecule has 24 heavy (non-hydrogen) atoms. The zero-order chi connectivity index (χ0) is 17.4. The van der Waals surface area contributed by atoms with Crippen molar-refractivity contribution in [2.75, 3.05) is 5.32 Å². The van der Waals surface area contributed by atoms with E-state index < -0.39 is 0 Å². The fourth-order valence-corrected chi connectivity index (χ4v) is 4.29. The maximum absolute atomic E-state index is 12.5. The van der Waals surface area contributed by atoms with E-state index >= 15 is 0 Å². The first-order valence-corrected chi connectivity index (χ1v) is 9.10. The molecule has 3 aromatic rings. The molecule has 0 atom stereocenters. The molecule has 1 amide bonds. The lowest BCUT2D eigenvalue weighted by atomic mass is 10.1. The maximum atomic E-state index is 12.5. The van der Waals surface area contributed by atoms with Crippen LogP contribution < -0.4 is 5.32 Å². The average Bonchev–Trinajstić information content (AvgIpc) is 3.18. The number of carbonyl (C=O) groups excluding carboxylic acids is 2. The van der Waals surface area contributed by atoms with Crippen LogP contribution in [0.4, 0.5) is 5.13 Å². The number of carbonyl (C=O) groups is 2. The Bertz CT molecular complexity index is 934. The monoisotopic (exact) mass is 359 g/mol. The molecule has 0 aliphatic carbocycles. The molecular formula is C17H17N3O2S2. The van der Waals surface area contributed by atoms with Gasteiger partial charge in [0.05, 0.1) is 10.6 Å². The van der Waals surface area contributed by atoms with Gasteiger partial charge >= 0.3 is 0 Å². The van der Waals surface area contributed by atoms with Gasteiger partial charge in [0, 0.05) is 21.5 Å². The van der Waals surface area contributed by atoms with Crippen LogP contribution in [0.3, 0.4) is 0 Å². The van der Waals surface area contributed by atoms with E-state index in [4.69, 9.17) is 0 Å². The van der Waals surface area contributed by atoms with Crippen molar-refractivity contribution in [2.24, 2.45) is 0 Å². The number of thiazole rings is 1. The van der Waals surface area contributed by atoms with Crippen molar-refractivity contribution < 1.29 is 9.59 Å². The third-order valence-electron chi connectivity index (χ3n) is 3.73. The second-order valence-electron chi connectivity index (χ2n) is 5.58. The number of H-pyrrole nitrogens is 1. The Kier molecular flexibility index (Phi) is 4.38. The number of nitrogens with one attached hydrogen (secondary N) is 2. The summed E-state index contributed by atoms with van der Waals surface area (Å²) in [5.74, 6) is -0.337. The second kappa shape index (κ2) is 6.33. The molecule has 0 fully saturated rings. The van der Waals surface area contributed by atoms with Crippen molar-refractivity contribution in [1.82, 2.24) is 9.97 Å². The molecule has 0 radical (unpaired) electrons. The number of Topliss-reactive ketones (excluding diaryl/α,β-unsaturated/α-hetero) is 1. The highest BCUT2D eigenvalue weighted by atomic mass is 32.1. The van der Waals surface area contributed by atoms with Gasteiger partial charge in [0.25, 0.3) is 5.91 Å². The van der Waals surface area contributed by atoms with Gasteiger partial charge < -0.3 is 4.98 Å². The summed E-state index contributed by atoms with van der Waals surface area (Å²) in [7, 11) is 0. The topological polar surface area (TPSA) is 74.8 Å². The second-order valence-corrected chi connectivity index (χ2v) is 7.73. The summed E-state index contributed by atoms with van der Waals surface area (Å²) in [4.78, 5) is 33.9. The van der Waals surface area contributed by atoms with Crippen molar-refractivity contribution in [2.45, 2.75) is 27.7 Å². The van der Waals surface area contributed by atoms with Crippen LogP contribution in [-0.4, -0.2) is 21.7 Å². The number of aromatic amines is 1. The van der Waals surface area contributed by atoms with E-state index in [9.17, 15) is 9.59 Å². The Morgan fingerprint density at radius 1 is 1.21 bits per heavy atom. The number of ketones is 1. The Morgan fingerprint density at radius 3 is 2.54 bits per heavy atom. The SMILES string of the molecule is CC(=O)c1c(C)[nH]c(C(=O)Nc2nc(-c3ccc(C)s3)cs2)c1C. The highest BCUT2D eigenvalue weighted by Gasteiger charge is 2.20. The van der Waals surface area contributed by atoms with Gasteiger partial charge in [-0.1, -0.05) is 0 Å². The van der Waals surface area contributed by atoms with Crippen LogP contribution in [0.15, 0.2) is 17.5 Å². The van der Waals surface area contributed by atoms with Crippen LogP contribution in [0.5, 0.6) is 0 Å². The van der Waals surface area contributed by atoms with Gasteiger partial charge in [-0.25, -0.2) is 4.98 Å². The molecule has 0 unspecified atom stereocenters. The van der Waals surface area contributed by atoms with Crippen LogP contribution in [0.1, 0.15) is 43.9 Å². The summed E-state index contributed by atoms with van der Waals surface area (Å²) in [5.41, 5.74) is 3.22. The molecule has 0 bridgehead atoms. The molecule has 2 N–H and O–H groups in total. The molecule has 0 saturated carbocycles. The molecular weight excluding hydrogens is 342 g/mol. The van der Waals surface area contributed by atoms with Crippen LogP contribution in [0.25, 0.3) is 10.6 Å². The van der Waals surface area contributed by atoms with Gasteiger partial charge in [0.2, 0.25) is 0 Å². The molecule has 124 valence electrons. The first-order chi connectivity index (χ1) is 11.4. The molecule has 7 heteroatoms. The number of anilines is 1. The molecule has 3 aromatic heterocycles. The molecule has 0 saturated heterocycles. The molecule has 3 heterocycles. The van der Waals surface area contributed by atoms with E-state index in [1.165, 1.54) is 23.1 Å². The van der Waals surface area contributed by atoms with Crippen LogP contribution in [0.2, 0.25) is 0 Å². The van der Waals surface area contributed by atoms with E-state index in [2.05, 4.69) is 15.3 Å².